The van der Waals surface area contributed by atoms with Gasteiger partial charge in [-0.25, -0.2) is 8.42 Å². The Morgan fingerprint density at radius 2 is 1.69 bits per heavy atom. The minimum atomic E-state index is -4.94. The molecule has 0 saturated carbocycles. The number of sulfonamides is 1. The molecule has 3 rings (SSSR count). The summed E-state index contributed by atoms with van der Waals surface area (Å²) >= 11 is 0. The van der Waals surface area contributed by atoms with Crippen molar-refractivity contribution in [2.75, 3.05) is 4.72 Å². The number of carbonyl (C=O) groups excluding carboxylic acids is 2. The molecular formula is C24H18F3N3O5S. The number of nitriles is 1. The summed E-state index contributed by atoms with van der Waals surface area (Å²) in [6.07, 6.45) is -4.94. The number of rotatable bonds is 8. The number of Topliss-reactive ketones (excluding diaryl/α,β-unsaturated/α-hetero) is 1. The summed E-state index contributed by atoms with van der Waals surface area (Å²) in [5, 5.41) is 11.6. The van der Waals surface area contributed by atoms with E-state index < -0.39 is 38.7 Å². The van der Waals surface area contributed by atoms with Crippen molar-refractivity contribution < 1.29 is 35.9 Å². The molecule has 0 aliphatic carbocycles. The highest BCUT2D eigenvalue weighted by molar-refractivity contribution is 7.92. The Hall–Kier alpha value is -4.37. The maximum absolute atomic E-state index is 13.0. The molecule has 1 amide bonds. The summed E-state index contributed by atoms with van der Waals surface area (Å²) in [5.41, 5.74) is 0.494. The third-order valence-corrected chi connectivity index (χ3v) is 6.17. The Kier molecular flexibility index (Phi) is 7.65. The molecule has 0 heterocycles. The van der Waals surface area contributed by atoms with Crippen LogP contribution in [0.3, 0.4) is 0 Å². The van der Waals surface area contributed by atoms with Gasteiger partial charge in [-0.1, -0.05) is 24.3 Å². The van der Waals surface area contributed by atoms with Gasteiger partial charge < -0.3 is 10.1 Å². The lowest BCUT2D eigenvalue weighted by molar-refractivity contribution is -0.274. The van der Waals surface area contributed by atoms with E-state index in [-0.39, 0.29) is 23.4 Å². The van der Waals surface area contributed by atoms with Crippen molar-refractivity contribution >= 4 is 27.4 Å². The third kappa shape index (κ3) is 6.61. The molecule has 186 valence electrons. The molecule has 3 aromatic rings. The Labute approximate surface area is 204 Å². The summed E-state index contributed by atoms with van der Waals surface area (Å²) < 4.78 is 68.8. The van der Waals surface area contributed by atoms with Crippen LogP contribution in [0, 0.1) is 11.3 Å². The van der Waals surface area contributed by atoms with Gasteiger partial charge in [0.1, 0.15) is 5.75 Å². The lowest BCUT2D eigenvalue weighted by Gasteiger charge is -2.16. The van der Waals surface area contributed by atoms with Crippen LogP contribution in [0.25, 0.3) is 0 Å². The number of anilines is 1. The fraction of sp³-hybridized carbons (Fsp3) is 0.125. The molecule has 12 heteroatoms. The molecule has 0 aromatic heterocycles. The molecule has 36 heavy (non-hydrogen) atoms. The van der Waals surface area contributed by atoms with Crippen LogP contribution < -0.4 is 14.8 Å². The van der Waals surface area contributed by atoms with Gasteiger partial charge in [-0.05, 0) is 55.0 Å². The molecular weight excluding hydrogens is 499 g/mol. The lowest BCUT2D eigenvalue weighted by atomic mass is 10.0. The summed E-state index contributed by atoms with van der Waals surface area (Å²) in [5.74, 6) is -1.86. The fourth-order valence-electron chi connectivity index (χ4n) is 3.22. The van der Waals surface area contributed by atoms with Gasteiger partial charge in [-0.3, -0.25) is 14.3 Å². The van der Waals surface area contributed by atoms with E-state index in [2.05, 4.69) is 14.8 Å². The molecule has 0 bridgehead atoms. The molecule has 2 N–H and O–H groups in total. The van der Waals surface area contributed by atoms with Crippen LogP contribution >= 0.6 is 0 Å². The number of ketones is 1. The van der Waals surface area contributed by atoms with Crippen molar-refractivity contribution in [1.82, 2.24) is 5.32 Å². The van der Waals surface area contributed by atoms with E-state index >= 15 is 0 Å². The maximum Gasteiger partial charge on any atom is 0.573 e. The van der Waals surface area contributed by atoms with Crippen LogP contribution in [0.5, 0.6) is 5.75 Å². The lowest BCUT2D eigenvalue weighted by Crippen LogP contribution is -2.27. The average molecular weight is 517 g/mol. The predicted octanol–water partition coefficient (Wildman–Crippen LogP) is 4.39. The van der Waals surface area contributed by atoms with Crippen LogP contribution in [0.1, 0.15) is 38.8 Å². The van der Waals surface area contributed by atoms with E-state index in [1.54, 1.807) is 24.3 Å². The van der Waals surface area contributed by atoms with Crippen molar-refractivity contribution in [3.8, 4) is 11.8 Å². The van der Waals surface area contributed by atoms with Crippen LogP contribution in [-0.4, -0.2) is 26.5 Å². The zero-order chi connectivity index (χ0) is 26.5. The summed E-state index contributed by atoms with van der Waals surface area (Å²) in [6.45, 7) is 1.20. The van der Waals surface area contributed by atoms with Crippen LogP contribution in [0.2, 0.25) is 0 Å². The third-order valence-electron chi connectivity index (χ3n) is 4.79. The maximum atomic E-state index is 13.0. The van der Waals surface area contributed by atoms with Gasteiger partial charge >= 0.3 is 6.36 Å². The molecule has 0 unspecified atom stereocenters. The number of benzene rings is 3. The van der Waals surface area contributed by atoms with Gasteiger partial charge in [0.15, 0.2) is 5.78 Å². The first-order chi connectivity index (χ1) is 16.9. The fourth-order valence-corrected chi connectivity index (χ4v) is 4.29. The molecule has 0 spiro atoms. The highest BCUT2D eigenvalue weighted by atomic mass is 32.2. The molecule has 8 nitrogen and oxygen atoms in total. The molecule has 0 aliphatic heterocycles. The Balaban J connectivity index is 1.89. The number of hydrogen-bond acceptors (Lipinski definition) is 6. The second-order valence-corrected chi connectivity index (χ2v) is 9.09. The van der Waals surface area contributed by atoms with E-state index in [0.717, 1.165) is 24.3 Å². The summed E-state index contributed by atoms with van der Waals surface area (Å²) in [7, 11) is -4.36. The summed E-state index contributed by atoms with van der Waals surface area (Å²) in [6, 6.07) is 15.9. The molecule has 0 saturated heterocycles. The van der Waals surface area contributed by atoms with Gasteiger partial charge in [-0.2, -0.15) is 5.26 Å². The first-order valence-electron chi connectivity index (χ1n) is 10.2. The number of alkyl halides is 3. The van der Waals surface area contributed by atoms with E-state index in [1.165, 1.54) is 25.1 Å². The Morgan fingerprint density at radius 3 is 2.31 bits per heavy atom. The van der Waals surface area contributed by atoms with Crippen LogP contribution in [0.15, 0.2) is 71.6 Å². The zero-order valence-corrected chi connectivity index (χ0v) is 19.4. The highest BCUT2D eigenvalue weighted by Gasteiger charge is 2.31. The van der Waals surface area contributed by atoms with Crippen molar-refractivity contribution in [3.05, 3.63) is 89.0 Å². The first kappa shape index (κ1) is 26.2. The van der Waals surface area contributed by atoms with Crippen LogP contribution in [-0.2, 0) is 16.6 Å². The molecule has 0 aliphatic rings. The van der Waals surface area contributed by atoms with Crippen molar-refractivity contribution in [1.29, 1.82) is 5.26 Å². The van der Waals surface area contributed by atoms with Crippen molar-refractivity contribution in [2.24, 2.45) is 0 Å². The predicted molar refractivity (Wildman–Crippen MR) is 123 cm³/mol. The number of halogens is 3. The molecule has 0 fully saturated rings. The number of carbonyl (C=O) groups is 2. The van der Waals surface area contributed by atoms with E-state index in [1.807, 2.05) is 6.07 Å². The minimum Gasteiger partial charge on any atom is -0.406 e. The Bertz CT molecular complexity index is 1450. The van der Waals surface area contributed by atoms with Crippen molar-refractivity contribution in [2.45, 2.75) is 24.7 Å². The number of hydrogen-bond donors (Lipinski definition) is 2. The standard InChI is InChI=1S/C24H18F3N3O5S/c1-15(31)20-6-3-7-21(22(20)23(32)29-14-17-5-2-4-16(12-17)13-28)30-36(33,34)19-10-8-18(9-11-19)35-24(25,26)27/h2-12,30H,14H2,1H3,(H,29,32). The van der Waals surface area contributed by atoms with Gasteiger partial charge in [-0.15, -0.1) is 13.2 Å². The normalized spacial score (nSPS) is 11.3. The van der Waals surface area contributed by atoms with Gasteiger partial charge in [0, 0.05) is 12.1 Å². The Morgan fingerprint density at radius 1 is 1.03 bits per heavy atom. The highest BCUT2D eigenvalue weighted by Crippen LogP contribution is 2.27. The monoisotopic (exact) mass is 517 g/mol. The van der Waals surface area contributed by atoms with E-state index in [4.69, 9.17) is 5.26 Å². The minimum absolute atomic E-state index is 0.00650. The summed E-state index contributed by atoms with van der Waals surface area (Å²) in [4.78, 5) is 24.8. The average Bonchev–Trinajstić information content (AvgIpc) is 2.81. The quantitative estimate of drug-likeness (QED) is 0.427. The van der Waals surface area contributed by atoms with Gasteiger partial charge in [0.25, 0.3) is 15.9 Å². The second-order valence-electron chi connectivity index (χ2n) is 7.40. The van der Waals surface area contributed by atoms with E-state index in [9.17, 15) is 31.2 Å². The topological polar surface area (TPSA) is 125 Å². The van der Waals surface area contributed by atoms with E-state index in [0.29, 0.717) is 11.1 Å². The largest absolute Gasteiger partial charge is 0.573 e. The number of ether oxygens (including phenoxy) is 1. The molecule has 0 atom stereocenters. The number of nitrogens with zero attached hydrogens (tertiary/aromatic N) is 1. The molecule has 3 aromatic carbocycles. The number of amides is 1. The molecule has 0 radical (unpaired) electrons. The first-order valence-corrected chi connectivity index (χ1v) is 11.7. The van der Waals surface area contributed by atoms with Crippen molar-refractivity contribution in [3.63, 3.8) is 0 Å². The van der Waals surface area contributed by atoms with Gasteiger partial charge in [0.05, 0.1) is 27.8 Å². The number of nitrogens with one attached hydrogen (secondary N) is 2. The zero-order valence-electron chi connectivity index (χ0n) is 18.6. The van der Waals surface area contributed by atoms with Gasteiger partial charge in [0.2, 0.25) is 0 Å². The van der Waals surface area contributed by atoms with Crippen LogP contribution in [0.4, 0.5) is 18.9 Å². The SMILES string of the molecule is CC(=O)c1cccc(NS(=O)(=O)c2ccc(OC(F)(F)F)cc2)c1C(=O)NCc1cccc(C#N)c1. The smallest absolute Gasteiger partial charge is 0.406 e. The second kappa shape index (κ2) is 10.5.